The van der Waals surface area contributed by atoms with Gasteiger partial charge in [0, 0.05) is 17.0 Å². The van der Waals surface area contributed by atoms with Crippen molar-refractivity contribution in [3.05, 3.63) is 33.7 Å². The van der Waals surface area contributed by atoms with Crippen molar-refractivity contribution in [1.82, 2.24) is 5.32 Å². The van der Waals surface area contributed by atoms with E-state index in [2.05, 4.69) is 42.0 Å². The molecule has 0 unspecified atom stereocenters. The van der Waals surface area contributed by atoms with Gasteiger partial charge in [-0.25, -0.2) is 4.39 Å². The summed E-state index contributed by atoms with van der Waals surface area (Å²) < 4.78 is 19.8. The summed E-state index contributed by atoms with van der Waals surface area (Å²) in [4.78, 5) is 0. The molecule has 0 aliphatic carbocycles. The Morgan fingerprint density at radius 1 is 1.33 bits per heavy atom. The third-order valence-corrected chi connectivity index (χ3v) is 3.50. The molecule has 18 heavy (non-hydrogen) atoms. The molecule has 1 heterocycles. The molecule has 0 radical (unpaired) electrons. The summed E-state index contributed by atoms with van der Waals surface area (Å²) in [5.74, 6) is 0.574. The van der Waals surface area contributed by atoms with Gasteiger partial charge in [-0.1, -0.05) is 20.8 Å². The van der Waals surface area contributed by atoms with Gasteiger partial charge in [0.1, 0.15) is 17.2 Å². The first-order valence-electron chi connectivity index (χ1n) is 5.90. The van der Waals surface area contributed by atoms with Gasteiger partial charge in [0.15, 0.2) is 0 Å². The number of furan rings is 1. The monoisotopic (exact) mass is 313 g/mol. The normalized spacial score (nSPS) is 12.3. The SMILES string of the molecule is CNCc1oc2cc(F)c(Br)cc2c1C(C)(C)C. The molecule has 1 aromatic heterocycles. The highest BCUT2D eigenvalue weighted by molar-refractivity contribution is 9.10. The number of nitrogens with one attached hydrogen (secondary N) is 1. The van der Waals surface area contributed by atoms with Crippen molar-refractivity contribution in [3.63, 3.8) is 0 Å². The summed E-state index contributed by atoms with van der Waals surface area (Å²) in [5, 5.41) is 4.06. The number of halogens is 2. The van der Waals surface area contributed by atoms with Crippen LogP contribution in [0.3, 0.4) is 0 Å². The molecule has 0 spiro atoms. The molecule has 0 aliphatic rings. The van der Waals surface area contributed by atoms with Crippen molar-refractivity contribution < 1.29 is 8.81 Å². The Morgan fingerprint density at radius 2 is 2.00 bits per heavy atom. The third-order valence-electron chi connectivity index (χ3n) is 2.89. The van der Waals surface area contributed by atoms with E-state index < -0.39 is 0 Å². The van der Waals surface area contributed by atoms with Crippen molar-refractivity contribution in [3.8, 4) is 0 Å². The van der Waals surface area contributed by atoms with Gasteiger partial charge >= 0.3 is 0 Å². The second-order valence-electron chi connectivity index (χ2n) is 5.44. The fourth-order valence-corrected chi connectivity index (χ4v) is 2.59. The van der Waals surface area contributed by atoms with Crippen LogP contribution in [0.2, 0.25) is 0 Å². The molecule has 2 rings (SSSR count). The Balaban J connectivity index is 2.77. The first-order chi connectivity index (χ1) is 8.34. The van der Waals surface area contributed by atoms with Crippen LogP contribution >= 0.6 is 15.9 Å². The quantitative estimate of drug-likeness (QED) is 0.891. The topological polar surface area (TPSA) is 25.2 Å². The van der Waals surface area contributed by atoms with E-state index >= 15 is 0 Å². The van der Waals surface area contributed by atoms with Crippen molar-refractivity contribution in [2.45, 2.75) is 32.7 Å². The number of hydrogen-bond acceptors (Lipinski definition) is 2. The Kier molecular flexibility index (Phi) is 3.52. The molecule has 1 N–H and O–H groups in total. The molecule has 98 valence electrons. The van der Waals surface area contributed by atoms with E-state index in [1.54, 1.807) is 6.07 Å². The maximum Gasteiger partial charge on any atom is 0.141 e. The Labute approximate surface area is 115 Å². The molecule has 0 saturated carbocycles. The number of rotatable bonds is 2. The predicted octanol–water partition coefficient (Wildman–Crippen LogP) is 4.35. The van der Waals surface area contributed by atoms with Gasteiger partial charge in [0.2, 0.25) is 0 Å². The van der Waals surface area contributed by atoms with Crippen LogP contribution in [0.15, 0.2) is 21.0 Å². The van der Waals surface area contributed by atoms with Crippen LogP contribution in [0, 0.1) is 5.82 Å². The Hall–Kier alpha value is -0.870. The number of fused-ring (bicyclic) bond motifs is 1. The first-order valence-corrected chi connectivity index (χ1v) is 6.69. The second-order valence-corrected chi connectivity index (χ2v) is 6.30. The minimum Gasteiger partial charge on any atom is -0.459 e. The molecule has 0 atom stereocenters. The van der Waals surface area contributed by atoms with Crippen LogP contribution < -0.4 is 5.32 Å². The standard InChI is InChI=1S/C14H17BrFNO/c1-14(2,3)13-8-5-9(15)10(16)6-11(8)18-12(13)7-17-4/h5-6,17H,7H2,1-4H3. The molecular formula is C14H17BrFNO. The molecule has 0 aliphatic heterocycles. The zero-order valence-electron chi connectivity index (χ0n) is 11.0. The smallest absolute Gasteiger partial charge is 0.141 e. The van der Waals surface area contributed by atoms with Gasteiger partial charge in [-0.05, 0) is 34.5 Å². The molecule has 2 aromatic rings. The highest BCUT2D eigenvalue weighted by Gasteiger charge is 2.25. The third kappa shape index (κ3) is 2.31. The van der Waals surface area contributed by atoms with Gasteiger partial charge in [-0.2, -0.15) is 0 Å². The number of hydrogen-bond donors (Lipinski definition) is 1. The molecule has 1 aromatic carbocycles. The van der Waals surface area contributed by atoms with E-state index in [1.165, 1.54) is 6.07 Å². The van der Waals surface area contributed by atoms with Crippen molar-refractivity contribution in [2.75, 3.05) is 7.05 Å². The Bertz CT molecular complexity index is 583. The zero-order valence-corrected chi connectivity index (χ0v) is 12.6. The van der Waals surface area contributed by atoms with Gasteiger partial charge in [-0.15, -0.1) is 0 Å². The fourth-order valence-electron chi connectivity index (χ4n) is 2.25. The van der Waals surface area contributed by atoms with E-state index in [9.17, 15) is 4.39 Å². The summed E-state index contributed by atoms with van der Waals surface area (Å²) in [7, 11) is 1.87. The minimum atomic E-state index is -0.298. The van der Waals surface area contributed by atoms with Gasteiger partial charge in [-0.3, -0.25) is 0 Å². The Morgan fingerprint density at radius 3 is 2.56 bits per heavy atom. The summed E-state index contributed by atoms with van der Waals surface area (Å²) in [6.45, 7) is 7.04. The van der Waals surface area contributed by atoms with Crippen LogP contribution in [-0.2, 0) is 12.0 Å². The molecule has 0 bridgehead atoms. The van der Waals surface area contributed by atoms with Crippen molar-refractivity contribution in [2.24, 2.45) is 0 Å². The molecule has 4 heteroatoms. The van der Waals surface area contributed by atoms with Gasteiger partial charge in [0.05, 0.1) is 11.0 Å². The number of benzene rings is 1. The minimum absolute atomic E-state index is 0.0469. The van der Waals surface area contributed by atoms with Gasteiger partial charge in [0.25, 0.3) is 0 Å². The lowest BCUT2D eigenvalue weighted by atomic mass is 9.85. The van der Waals surface area contributed by atoms with E-state index in [0.29, 0.717) is 16.6 Å². The van der Waals surface area contributed by atoms with Crippen LogP contribution in [0.25, 0.3) is 11.0 Å². The van der Waals surface area contributed by atoms with Crippen LogP contribution in [-0.4, -0.2) is 7.05 Å². The van der Waals surface area contributed by atoms with Crippen molar-refractivity contribution >= 4 is 26.9 Å². The van der Waals surface area contributed by atoms with Crippen molar-refractivity contribution in [1.29, 1.82) is 0 Å². The molecule has 2 nitrogen and oxygen atoms in total. The van der Waals surface area contributed by atoms with Crippen LogP contribution in [0.1, 0.15) is 32.1 Å². The first kappa shape index (κ1) is 13.6. The lowest BCUT2D eigenvalue weighted by Gasteiger charge is -2.19. The average molecular weight is 314 g/mol. The van der Waals surface area contributed by atoms with Crippen LogP contribution in [0.5, 0.6) is 0 Å². The largest absolute Gasteiger partial charge is 0.459 e. The van der Waals surface area contributed by atoms with Crippen LogP contribution in [0.4, 0.5) is 4.39 Å². The lowest BCUT2D eigenvalue weighted by Crippen LogP contribution is -2.15. The zero-order chi connectivity index (χ0) is 13.5. The lowest BCUT2D eigenvalue weighted by molar-refractivity contribution is 0.493. The summed E-state index contributed by atoms with van der Waals surface area (Å²) >= 11 is 3.23. The van der Waals surface area contributed by atoms with Gasteiger partial charge < -0.3 is 9.73 Å². The predicted molar refractivity (Wildman–Crippen MR) is 75.3 cm³/mol. The van der Waals surface area contributed by atoms with E-state index in [4.69, 9.17) is 4.42 Å². The second kappa shape index (κ2) is 4.67. The molecular weight excluding hydrogens is 297 g/mol. The molecule has 0 amide bonds. The summed E-state index contributed by atoms with van der Waals surface area (Å²) in [6.07, 6.45) is 0. The molecule has 0 saturated heterocycles. The average Bonchev–Trinajstić information content (AvgIpc) is 2.56. The van der Waals surface area contributed by atoms with E-state index in [1.807, 2.05) is 7.05 Å². The maximum atomic E-state index is 13.5. The maximum absolute atomic E-state index is 13.5. The highest BCUT2D eigenvalue weighted by atomic mass is 79.9. The summed E-state index contributed by atoms with van der Waals surface area (Å²) in [5.41, 5.74) is 1.69. The fraction of sp³-hybridized carbons (Fsp3) is 0.429. The summed E-state index contributed by atoms with van der Waals surface area (Å²) in [6, 6.07) is 3.24. The molecule has 0 fully saturated rings. The van der Waals surface area contributed by atoms with E-state index in [-0.39, 0.29) is 11.2 Å². The highest BCUT2D eigenvalue weighted by Crippen LogP contribution is 2.37. The van der Waals surface area contributed by atoms with E-state index in [0.717, 1.165) is 16.7 Å².